The van der Waals surface area contributed by atoms with E-state index < -0.39 is 0 Å². The van der Waals surface area contributed by atoms with E-state index in [1.165, 1.54) is 0 Å². The van der Waals surface area contributed by atoms with Gasteiger partial charge in [-0.2, -0.15) is 0 Å². The van der Waals surface area contributed by atoms with Crippen LogP contribution in [0.15, 0.2) is 35.1 Å². The number of aromatic amines is 1. The number of carbonyl (C=O) groups excluding carboxylic acids is 1. The monoisotopic (exact) mass is 315 g/mol. The number of H-pyrrole nitrogens is 1. The normalized spacial score (nSPS) is 17.4. The van der Waals surface area contributed by atoms with Crippen LogP contribution >= 0.6 is 0 Å². The lowest BCUT2D eigenvalue weighted by molar-refractivity contribution is 0.0553. The van der Waals surface area contributed by atoms with E-state index in [9.17, 15) is 14.7 Å². The van der Waals surface area contributed by atoms with Crippen LogP contribution in [-0.4, -0.2) is 64.6 Å². The van der Waals surface area contributed by atoms with Gasteiger partial charge in [0.05, 0.1) is 6.10 Å². The highest BCUT2D eigenvalue weighted by Crippen LogP contribution is 2.12. The number of rotatable bonds is 3. The van der Waals surface area contributed by atoms with E-state index >= 15 is 0 Å². The summed E-state index contributed by atoms with van der Waals surface area (Å²) in [4.78, 5) is 31.4. The number of aliphatic hydroxyl groups excluding tert-OH is 1. The lowest BCUT2D eigenvalue weighted by Crippen LogP contribution is -2.50. The Morgan fingerprint density at radius 2 is 1.96 bits per heavy atom. The highest BCUT2D eigenvalue weighted by Gasteiger charge is 2.24. The first-order valence-corrected chi connectivity index (χ1v) is 7.86. The molecule has 0 aliphatic carbocycles. The first-order chi connectivity index (χ1) is 11.0. The fraction of sp³-hybridized carbons (Fsp3) is 0.412. The quantitative estimate of drug-likeness (QED) is 0.873. The summed E-state index contributed by atoms with van der Waals surface area (Å²) in [5, 5.41) is 10.3. The van der Waals surface area contributed by atoms with Gasteiger partial charge in [0.2, 0.25) is 0 Å². The highest BCUT2D eigenvalue weighted by atomic mass is 16.3. The van der Waals surface area contributed by atoms with Crippen LogP contribution in [0.3, 0.4) is 0 Å². The van der Waals surface area contributed by atoms with E-state index in [0.717, 1.165) is 10.9 Å². The van der Waals surface area contributed by atoms with Crippen molar-refractivity contribution in [1.29, 1.82) is 0 Å². The predicted molar refractivity (Wildman–Crippen MR) is 88.6 cm³/mol. The number of nitrogens with one attached hydrogen (secondary N) is 1. The molecular formula is C17H21N3O3. The van der Waals surface area contributed by atoms with E-state index in [0.29, 0.717) is 32.7 Å². The average Bonchev–Trinajstić information content (AvgIpc) is 2.54. The van der Waals surface area contributed by atoms with Gasteiger partial charge >= 0.3 is 0 Å². The lowest BCUT2D eigenvalue weighted by atomic mass is 10.1. The number of pyridine rings is 1. The number of fused-ring (bicyclic) bond motifs is 1. The second kappa shape index (κ2) is 6.52. The summed E-state index contributed by atoms with van der Waals surface area (Å²) in [6, 6.07) is 9.09. The summed E-state index contributed by atoms with van der Waals surface area (Å²) in [6.07, 6.45) is -0.374. The molecule has 1 aliphatic rings. The molecule has 1 fully saturated rings. The minimum atomic E-state index is -0.374. The molecule has 2 aromatic rings. The molecule has 1 saturated heterocycles. The minimum absolute atomic E-state index is 0.188. The Morgan fingerprint density at radius 1 is 1.26 bits per heavy atom. The van der Waals surface area contributed by atoms with E-state index in [1.807, 2.05) is 24.3 Å². The molecule has 0 saturated carbocycles. The molecule has 2 heterocycles. The van der Waals surface area contributed by atoms with Crippen molar-refractivity contribution in [3.05, 3.63) is 46.2 Å². The van der Waals surface area contributed by atoms with Crippen molar-refractivity contribution in [2.24, 2.45) is 0 Å². The number of carbonyl (C=O) groups is 1. The van der Waals surface area contributed by atoms with Gasteiger partial charge in [-0.3, -0.25) is 14.5 Å². The second-order valence-electron chi connectivity index (χ2n) is 6.04. The van der Waals surface area contributed by atoms with E-state index in [2.05, 4.69) is 9.88 Å². The second-order valence-corrected chi connectivity index (χ2v) is 6.04. The number of aliphatic hydroxyl groups is 1. The maximum Gasteiger partial charge on any atom is 0.261 e. The van der Waals surface area contributed by atoms with E-state index in [4.69, 9.17) is 0 Å². The minimum Gasteiger partial charge on any atom is -0.392 e. The molecule has 1 aromatic heterocycles. The predicted octanol–water partition coefficient (Wildman–Crippen LogP) is 0.667. The molecule has 1 aliphatic heterocycles. The van der Waals surface area contributed by atoms with Gasteiger partial charge in [-0.25, -0.2) is 0 Å². The van der Waals surface area contributed by atoms with Gasteiger partial charge < -0.3 is 15.0 Å². The summed E-state index contributed by atoms with van der Waals surface area (Å²) >= 11 is 0. The highest BCUT2D eigenvalue weighted by molar-refractivity contribution is 5.97. The van der Waals surface area contributed by atoms with Crippen LogP contribution < -0.4 is 5.56 Å². The first-order valence-electron chi connectivity index (χ1n) is 7.86. The van der Waals surface area contributed by atoms with Crippen LogP contribution in [0.2, 0.25) is 0 Å². The summed E-state index contributed by atoms with van der Waals surface area (Å²) in [5.41, 5.74) is 0.573. The molecule has 1 aromatic carbocycles. The van der Waals surface area contributed by atoms with Crippen LogP contribution in [0.25, 0.3) is 10.9 Å². The number of benzene rings is 1. The molecule has 0 radical (unpaired) electrons. The third kappa shape index (κ3) is 3.43. The summed E-state index contributed by atoms with van der Waals surface area (Å²) < 4.78 is 0. The third-order valence-electron chi connectivity index (χ3n) is 4.17. The fourth-order valence-corrected chi connectivity index (χ4v) is 2.98. The molecule has 2 N–H and O–H groups in total. The number of hydrogen-bond donors (Lipinski definition) is 2. The Balaban J connectivity index is 1.76. The molecule has 6 nitrogen and oxygen atoms in total. The Kier molecular flexibility index (Phi) is 4.45. The van der Waals surface area contributed by atoms with Crippen LogP contribution in [0, 0.1) is 0 Å². The van der Waals surface area contributed by atoms with Crippen LogP contribution in [0.1, 0.15) is 17.3 Å². The smallest absolute Gasteiger partial charge is 0.261 e. The maximum absolute atomic E-state index is 12.6. The lowest BCUT2D eigenvalue weighted by Gasteiger charge is -2.35. The fourth-order valence-electron chi connectivity index (χ4n) is 2.98. The SMILES string of the molecule is C[C@H](O)CN1CCN(C(=O)c2cc3ccccc3[nH]c2=O)CC1. The zero-order chi connectivity index (χ0) is 16.4. The number of aromatic nitrogens is 1. The van der Waals surface area contributed by atoms with Gasteiger partial charge in [0.1, 0.15) is 5.56 Å². The molecule has 1 atom stereocenters. The van der Waals surface area contributed by atoms with Crippen molar-refractivity contribution in [3.63, 3.8) is 0 Å². The van der Waals surface area contributed by atoms with Crippen LogP contribution in [0.5, 0.6) is 0 Å². The number of para-hydroxylation sites is 1. The van der Waals surface area contributed by atoms with Crippen LogP contribution in [0.4, 0.5) is 0 Å². The number of piperazine rings is 1. The Morgan fingerprint density at radius 3 is 2.65 bits per heavy atom. The molecule has 6 heteroatoms. The Bertz CT molecular complexity index is 761. The van der Waals surface area contributed by atoms with Gasteiger partial charge in [-0.1, -0.05) is 18.2 Å². The summed E-state index contributed by atoms with van der Waals surface area (Å²) in [6.45, 7) is 4.92. The standard InChI is InChI=1S/C17H21N3O3/c1-12(21)11-19-6-8-20(9-7-19)17(23)14-10-13-4-2-3-5-15(13)18-16(14)22/h2-5,10,12,21H,6-9,11H2,1H3,(H,18,22)/t12-/m0/s1. The van der Waals surface area contributed by atoms with Crippen molar-refractivity contribution >= 4 is 16.8 Å². The van der Waals surface area contributed by atoms with E-state index in [1.54, 1.807) is 17.9 Å². The third-order valence-corrected chi connectivity index (χ3v) is 4.17. The number of hydrogen-bond acceptors (Lipinski definition) is 4. The molecule has 3 rings (SSSR count). The zero-order valence-corrected chi connectivity index (χ0v) is 13.2. The first kappa shape index (κ1) is 15.7. The molecule has 122 valence electrons. The number of nitrogens with zero attached hydrogens (tertiary/aromatic N) is 2. The van der Waals surface area contributed by atoms with Crippen molar-refractivity contribution < 1.29 is 9.90 Å². The Hall–Kier alpha value is -2.18. The molecule has 0 spiro atoms. The molecule has 1 amide bonds. The van der Waals surface area contributed by atoms with Gasteiger partial charge in [-0.15, -0.1) is 0 Å². The van der Waals surface area contributed by atoms with Crippen molar-refractivity contribution in [1.82, 2.24) is 14.8 Å². The topological polar surface area (TPSA) is 76.6 Å². The number of amides is 1. The largest absolute Gasteiger partial charge is 0.392 e. The van der Waals surface area contributed by atoms with Gasteiger partial charge in [0.15, 0.2) is 0 Å². The molecule has 0 bridgehead atoms. The van der Waals surface area contributed by atoms with Crippen LogP contribution in [-0.2, 0) is 0 Å². The number of β-amino-alcohol motifs (C(OH)–C–C–N with tert-alkyl or cyclic N) is 1. The average molecular weight is 315 g/mol. The summed E-state index contributed by atoms with van der Waals surface area (Å²) in [5.74, 6) is -0.228. The van der Waals surface area contributed by atoms with Crippen molar-refractivity contribution in [2.45, 2.75) is 13.0 Å². The van der Waals surface area contributed by atoms with Gasteiger partial charge in [0.25, 0.3) is 11.5 Å². The Labute approximate surface area is 134 Å². The van der Waals surface area contributed by atoms with Gasteiger partial charge in [-0.05, 0) is 24.4 Å². The summed E-state index contributed by atoms with van der Waals surface area (Å²) in [7, 11) is 0. The maximum atomic E-state index is 12.6. The molecular weight excluding hydrogens is 294 g/mol. The zero-order valence-electron chi connectivity index (χ0n) is 13.2. The molecule has 23 heavy (non-hydrogen) atoms. The van der Waals surface area contributed by atoms with Crippen molar-refractivity contribution in [3.8, 4) is 0 Å². The van der Waals surface area contributed by atoms with Crippen molar-refractivity contribution in [2.75, 3.05) is 32.7 Å². The van der Waals surface area contributed by atoms with Gasteiger partial charge in [0, 0.05) is 38.2 Å². The van der Waals surface area contributed by atoms with E-state index in [-0.39, 0.29) is 23.1 Å². The molecule has 0 unspecified atom stereocenters.